The lowest BCUT2D eigenvalue weighted by atomic mass is 10.1. The molecule has 1 aromatic carbocycles. The Hall–Kier alpha value is -3.31. The Balaban J connectivity index is 1.78. The summed E-state index contributed by atoms with van der Waals surface area (Å²) in [6.07, 6.45) is -9.16. The van der Waals surface area contributed by atoms with Crippen LogP contribution in [-0.4, -0.2) is 21.4 Å². The van der Waals surface area contributed by atoms with Crippen molar-refractivity contribution in [1.29, 1.82) is 0 Å². The first-order chi connectivity index (χ1) is 14.5. The second kappa shape index (κ2) is 8.44. The van der Waals surface area contributed by atoms with Crippen molar-refractivity contribution in [2.75, 3.05) is 0 Å². The van der Waals surface area contributed by atoms with Gasteiger partial charge in [0, 0.05) is 18.2 Å². The molecule has 0 bridgehead atoms. The third-order valence-corrected chi connectivity index (χ3v) is 4.03. The number of hydrogen-bond donors (Lipinski definition) is 0. The molecule has 31 heavy (non-hydrogen) atoms. The third kappa shape index (κ3) is 5.25. The van der Waals surface area contributed by atoms with Gasteiger partial charge in [-0.1, -0.05) is 12.1 Å². The summed E-state index contributed by atoms with van der Waals surface area (Å²) in [6.45, 7) is 3.22. The number of aromatic nitrogens is 3. The number of halogens is 6. The molecule has 12 heteroatoms. The van der Waals surface area contributed by atoms with Crippen molar-refractivity contribution in [3.8, 4) is 23.0 Å². The standard InChI is InChI=1S/C19H15F6N3O3/c1-3-14(30-16-13(18(20,21)22)5-4-8-26-16)29-11-6-7-12(10(2)9-11)15-27-17(31-28-15)19(23,24)25/h4-9,14H,3H2,1-2H3. The third-order valence-electron chi connectivity index (χ3n) is 4.03. The van der Waals surface area contributed by atoms with Crippen molar-refractivity contribution in [2.24, 2.45) is 0 Å². The lowest BCUT2D eigenvalue weighted by molar-refractivity contribution is -0.159. The van der Waals surface area contributed by atoms with Crippen molar-refractivity contribution in [2.45, 2.75) is 38.9 Å². The smallest absolute Gasteiger partial charge is 0.455 e. The summed E-state index contributed by atoms with van der Waals surface area (Å²) in [5.41, 5.74) is -0.318. The minimum absolute atomic E-state index is 0.189. The molecule has 1 atom stereocenters. The van der Waals surface area contributed by atoms with E-state index < -0.39 is 36.0 Å². The van der Waals surface area contributed by atoms with Crippen LogP contribution < -0.4 is 9.47 Å². The van der Waals surface area contributed by atoms with Crippen LogP contribution in [0.15, 0.2) is 41.1 Å². The van der Waals surface area contributed by atoms with E-state index in [0.29, 0.717) is 5.56 Å². The summed E-state index contributed by atoms with van der Waals surface area (Å²) >= 11 is 0. The van der Waals surface area contributed by atoms with Crippen LogP contribution in [0.1, 0.15) is 30.4 Å². The van der Waals surface area contributed by atoms with E-state index >= 15 is 0 Å². The Kier molecular flexibility index (Phi) is 6.09. The second-order valence-corrected chi connectivity index (χ2v) is 6.33. The highest BCUT2D eigenvalue weighted by Crippen LogP contribution is 2.36. The van der Waals surface area contributed by atoms with Crippen molar-refractivity contribution >= 4 is 0 Å². The van der Waals surface area contributed by atoms with E-state index in [2.05, 4.69) is 19.6 Å². The quantitative estimate of drug-likeness (QED) is 0.358. The topological polar surface area (TPSA) is 70.3 Å². The molecular weight excluding hydrogens is 432 g/mol. The van der Waals surface area contributed by atoms with Gasteiger partial charge in [0.15, 0.2) is 0 Å². The average Bonchev–Trinajstić information content (AvgIpc) is 3.17. The first kappa shape index (κ1) is 22.4. The van der Waals surface area contributed by atoms with Crippen molar-refractivity contribution in [1.82, 2.24) is 15.1 Å². The van der Waals surface area contributed by atoms with Gasteiger partial charge < -0.3 is 14.0 Å². The fourth-order valence-corrected chi connectivity index (χ4v) is 2.58. The summed E-state index contributed by atoms with van der Waals surface area (Å²) < 4.78 is 92.4. The van der Waals surface area contributed by atoms with Crippen LogP contribution in [0.4, 0.5) is 26.3 Å². The number of ether oxygens (including phenoxy) is 2. The zero-order valence-electron chi connectivity index (χ0n) is 16.1. The van der Waals surface area contributed by atoms with Crippen molar-refractivity contribution in [3.63, 3.8) is 0 Å². The van der Waals surface area contributed by atoms with Crippen molar-refractivity contribution < 1.29 is 40.3 Å². The summed E-state index contributed by atoms with van der Waals surface area (Å²) in [4.78, 5) is 6.95. The van der Waals surface area contributed by atoms with Gasteiger partial charge in [-0.15, -0.1) is 0 Å². The van der Waals surface area contributed by atoms with Gasteiger partial charge in [-0.2, -0.15) is 31.3 Å². The molecule has 3 rings (SSSR count). The molecule has 3 aromatic rings. The lowest BCUT2D eigenvalue weighted by Gasteiger charge is -2.21. The van der Waals surface area contributed by atoms with E-state index in [1.165, 1.54) is 18.2 Å². The van der Waals surface area contributed by atoms with Gasteiger partial charge in [0.05, 0.1) is 0 Å². The summed E-state index contributed by atoms with van der Waals surface area (Å²) in [5, 5.41) is 3.32. The van der Waals surface area contributed by atoms with E-state index in [-0.39, 0.29) is 23.6 Å². The number of hydrogen-bond acceptors (Lipinski definition) is 6. The largest absolute Gasteiger partial charge is 0.471 e. The fourth-order valence-electron chi connectivity index (χ4n) is 2.58. The predicted octanol–water partition coefficient (Wildman–Crippen LogP) is 5.67. The van der Waals surface area contributed by atoms with Crippen LogP contribution >= 0.6 is 0 Å². The maximum absolute atomic E-state index is 13.1. The van der Waals surface area contributed by atoms with Gasteiger partial charge in [0.1, 0.15) is 11.3 Å². The molecule has 0 spiro atoms. The molecule has 1 unspecified atom stereocenters. The summed E-state index contributed by atoms with van der Waals surface area (Å²) in [6, 6.07) is 6.26. The zero-order chi connectivity index (χ0) is 22.8. The summed E-state index contributed by atoms with van der Waals surface area (Å²) in [5.74, 6) is -2.14. The molecule has 0 N–H and O–H groups in total. The number of pyridine rings is 1. The van der Waals surface area contributed by atoms with Crippen LogP contribution in [0.2, 0.25) is 0 Å². The SMILES string of the molecule is CCC(Oc1ccc(-c2noc(C(F)(F)F)n2)c(C)c1)Oc1ncccc1C(F)(F)F. The van der Waals surface area contributed by atoms with Gasteiger partial charge in [-0.25, -0.2) is 4.98 Å². The molecule has 0 saturated carbocycles. The molecule has 0 aliphatic rings. The van der Waals surface area contributed by atoms with Gasteiger partial charge in [0.25, 0.3) is 0 Å². The normalized spacial score (nSPS) is 13.2. The molecule has 0 aliphatic carbocycles. The van der Waals surface area contributed by atoms with E-state index in [9.17, 15) is 26.3 Å². The molecular formula is C19H15F6N3O3. The van der Waals surface area contributed by atoms with Crippen LogP contribution in [0.3, 0.4) is 0 Å². The van der Waals surface area contributed by atoms with E-state index in [0.717, 1.165) is 18.3 Å². The van der Waals surface area contributed by atoms with Crippen LogP contribution in [0, 0.1) is 6.92 Å². The minimum atomic E-state index is -4.77. The Morgan fingerprint density at radius 3 is 2.35 bits per heavy atom. The first-order valence-electron chi connectivity index (χ1n) is 8.86. The van der Waals surface area contributed by atoms with E-state index in [4.69, 9.17) is 9.47 Å². The average molecular weight is 447 g/mol. The Morgan fingerprint density at radius 1 is 1.03 bits per heavy atom. The zero-order valence-corrected chi connectivity index (χ0v) is 16.1. The fraction of sp³-hybridized carbons (Fsp3) is 0.316. The number of alkyl halides is 6. The number of nitrogens with zero attached hydrogens (tertiary/aromatic N) is 3. The van der Waals surface area contributed by atoms with Gasteiger partial charge in [-0.3, -0.25) is 0 Å². The van der Waals surface area contributed by atoms with Gasteiger partial charge in [-0.05, 0) is 42.8 Å². The maximum atomic E-state index is 13.1. The lowest BCUT2D eigenvalue weighted by Crippen LogP contribution is -2.25. The number of rotatable bonds is 6. The first-order valence-corrected chi connectivity index (χ1v) is 8.86. The number of aryl methyl sites for hydroxylation is 1. The molecule has 6 nitrogen and oxygen atoms in total. The highest BCUT2D eigenvalue weighted by molar-refractivity contribution is 5.61. The molecule has 0 aliphatic heterocycles. The van der Waals surface area contributed by atoms with Gasteiger partial charge in [0.2, 0.25) is 18.0 Å². The molecule has 2 aromatic heterocycles. The van der Waals surface area contributed by atoms with E-state index in [1.807, 2.05) is 0 Å². The number of benzene rings is 1. The monoisotopic (exact) mass is 447 g/mol. The van der Waals surface area contributed by atoms with Gasteiger partial charge >= 0.3 is 18.2 Å². The van der Waals surface area contributed by atoms with Crippen LogP contribution in [0.25, 0.3) is 11.4 Å². The van der Waals surface area contributed by atoms with Crippen LogP contribution in [-0.2, 0) is 12.4 Å². The molecule has 2 heterocycles. The minimum Gasteiger partial charge on any atom is -0.455 e. The highest BCUT2D eigenvalue weighted by Gasteiger charge is 2.39. The maximum Gasteiger partial charge on any atom is 0.471 e. The molecule has 0 saturated heterocycles. The molecule has 0 radical (unpaired) electrons. The molecule has 0 fully saturated rings. The Morgan fingerprint density at radius 2 is 1.77 bits per heavy atom. The van der Waals surface area contributed by atoms with Crippen molar-refractivity contribution in [3.05, 3.63) is 53.5 Å². The Labute approximate surface area is 171 Å². The predicted molar refractivity (Wildman–Crippen MR) is 94.0 cm³/mol. The Bertz CT molecular complexity index is 1050. The highest BCUT2D eigenvalue weighted by atomic mass is 19.4. The van der Waals surface area contributed by atoms with E-state index in [1.54, 1.807) is 13.8 Å². The molecule has 166 valence electrons. The second-order valence-electron chi connectivity index (χ2n) is 6.33. The van der Waals surface area contributed by atoms with Crippen LogP contribution in [0.5, 0.6) is 11.6 Å². The molecule has 0 amide bonds. The summed E-state index contributed by atoms with van der Waals surface area (Å²) in [7, 11) is 0.